The summed E-state index contributed by atoms with van der Waals surface area (Å²) >= 11 is 0. The third kappa shape index (κ3) is 4.75. The van der Waals surface area contributed by atoms with Crippen molar-refractivity contribution in [2.45, 2.75) is 13.3 Å². The fraction of sp³-hybridized carbons (Fsp3) is 0.462. The van der Waals surface area contributed by atoms with Gasteiger partial charge in [0.15, 0.2) is 0 Å². The van der Waals surface area contributed by atoms with Gasteiger partial charge in [-0.3, -0.25) is 0 Å². The van der Waals surface area contributed by atoms with Crippen LogP contribution in [-0.4, -0.2) is 26.8 Å². The van der Waals surface area contributed by atoms with Gasteiger partial charge in [-0.2, -0.15) is 5.26 Å². The molecule has 0 saturated carbocycles. The maximum Gasteiger partial charge on any atom is 0.124 e. The van der Waals surface area contributed by atoms with Crippen molar-refractivity contribution < 1.29 is 9.47 Å². The molecule has 92 valence electrons. The Morgan fingerprint density at radius 2 is 2.00 bits per heavy atom. The first-order chi connectivity index (χ1) is 8.30. The molecule has 0 atom stereocenters. The van der Waals surface area contributed by atoms with E-state index in [1.165, 1.54) is 0 Å². The van der Waals surface area contributed by atoms with E-state index in [1.807, 2.05) is 0 Å². The van der Waals surface area contributed by atoms with Crippen LogP contribution in [0.1, 0.15) is 18.9 Å². The van der Waals surface area contributed by atoms with Crippen LogP contribution in [0.15, 0.2) is 18.2 Å². The molecule has 1 rings (SSSR count). The van der Waals surface area contributed by atoms with Gasteiger partial charge in [0, 0.05) is 12.6 Å². The number of rotatable bonds is 7. The molecule has 4 nitrogen and oxygen atoms in total. The highest BCUT2D eigenvalue weighted by Gasteiger charge is 2.01. The monoisotopic (exact) mass is 234 g/mol. The van der Waals surface area contributed by atoms with Crippen molar-refractivity contribution in [1.82, 2.24) is 5.32 Å². The predicted octanol–water partition coefficient (Wildman–Crippen LogP) is 1.95. The highest BCUT2D eigenvalue weighted by atomic mass is 16.5. The lowest BCUT2D eigenvalue weighted by atomic mass is 10.2. The van der Waals surface area contributed by atoms with Crippen molar-refractivity contribution in [2.24, 2.45) is 0 Å². The van der Waals surface area contributed by atoms with Gasteiger partial charge in [-0.25, -0.2) is 0 Å². The first-order valence-corrected chi connectivity index (χ1v) is 5.73. The molecule has 17 heavy (non-hydrogen) atoms. The lowest BCUT2D eigenvalue weighted by molar-refractivity contribution is 0.311. The average Bonchev–Trinajstić information content (AvgIpc) is 2.38. The summed E-state index contributed by atoms with van der Waals surface area (Å²) in [6.45, 7) is 4.49. The SMILES string of the molecule is CCCNCCOc1cc(C#N)cc(OC)c1. The molecule has 4 heteroatoms. The van der Waals surface area contributed by atoms with Crippen LogP contribution in [0, 0.1) is 11.3 Å². The minimum absolute atomic E-state index is 0.542. The van der Waals surface area contributed by atoms with Crippen LogP contribution in [0.3, 0.4) is 0 Å². The summed E-state index contributed by atoms with van der Waals surface area (Å²) in [4.78, 5) is 0. The molecule has 0 spiro atoms. The van der Waals surface area contributed by atoms with Crippen LogP contribution in [0.5, 0.6) is 11.5 Å². The van der Waals surface area contributed by atoms with E-state index in [9.17, 15) is 0 Å². The number of ether oxygens (including phenoxy) is 2. The van der Waals surface area contributed by atoms with Crippen molar-refractivity contribution in [3.8, 4) is 17.6 Å². The van der Waals surface area contributed by atoms with Crippen LogP contribution >= 0.6 is 0 Å². The van der Waals surface area contributed by atoms with Crippen molar-refractivity contribution in [1.29, 1.82) is 5.26 Å². The number of nitriles is 1. The van der Waals surface area contributed by atoms with E-state index >= 15 is 0 Å². The summed E-state index contributed by atoms with van der Waals surface area (Å²) in [6.07, 6.45) is 1.11. The second-order valence-corrected chi connectivity index (χ2v) is 3.61. The molecule has 1 N–H and O–H groups in total. The van der Waals surface area contributed by atoms with Gasteiger partial charge in [0.25, 0.3) is 0 Å². The fourth-order valence-corrected chi connectivity index (χ4v) is 1.38. The minimum Gasteiger partial charge on any atom is -0.497 e. The smallest absolute Gasteiger partial charge is 0.124 e. The summed E-state index contributed by atoms with van der Waals surface area (Å²) in [7, 11) is 1.57. The second kappa shape index (κ2) is 7.53. The number of hydrogen-bond donors (Lipinski definition) is 1. The molecule has 0 saturated heterocycles. The van der Waals surface area contributed by atoms with E-state index in [0.717, 1.165) is 19.5 Å². The molecule has 1 aromatic rings. The number of benzene rings is 1. The first-order valence-electron chi connectivity index (χ1n) is 5.73. The van der Waals surface area contributed by atoms with E-state index < -0.39 is 0 Å². The Hall–Kier alpha value is -1.73. The third-order valence-corrected chi connectivity index (χ3v) is 2.22. The predicted molar refractivity (Wildman–Crippen MR) is 66.4 cm³/mol. The Kier molecular flexibility index (Phi) is 5.91. The van der Waals surface area contributed by atoms with Crippen LogP contribution in [0.25, 0.3) is 0 Å². The van der Waals surface area contributed by atoms with E-state index in [-0.39, 0.29) is 0 Å². The van der Waals surface area contributed by atoms with Crippen molar-refractivity contribution in [2.75, 3.05) is 26.8 Å². The zero-order valence-electron chi connectivity index (χ0n) is 10.3. The van der Waals surface area contributed by atoms with Gasteiger partial charge < -0.3 is 14.8 Å². The van der Waals surface area contributed by atoms with Gasteiger partial charge in [-0.15, -0.1) is 0 Å². The lowest BCUT2D eigenvalue weighted by Gasteiger charge is -2.09. The highest BCUT2D eigenvalue weighted by Crippen LogP contribution is 2.22. The summed E-state index contributed by atoms with van der Waals surface area (Å²) in [5.41, 5.74) is 0.542. The normalized spacial score (nSPS) is 9.71. The molecule has 1 aromatic carbocycles. The molecule has 0 aliphatic carbocycles. The molecule has 0 unspecified atom stereocenters. The second-order valence-electron chi connectivity index (χ2n) is 3.61. The number of nitrogens with zero attached hydrogens (tertiary/aromatic N) is 1. The van der Waals surface area contributed by atoms with Crippen molar-refractivity contribution >= 4 is 0 Å². The Morgan fingerprint density at radius 3 is 2.65 bits per heavy atom. The molecule has 0 heterocycles. The lowest BCUT2D eigenvalue weighted by Crippen LogP contribution is -2.21. The van der Waals surface area contributed by atoms with E-state index in [4.69, 9.17) is 14.7 Å². The first kappa shape index (κ1) is 13.3. The maximum absolute atomic E-state index is 8.85. The number of methoxy groups -OCH3 is 1. The summed E-state index contributed by atoms with van der Waals surface area (Å²) in [6, 6.07) is 7.25. The molecule has 0 bridgehead atoms. The zero-order chi connectivity index (χ0) is 12.5. The number of nitrogens with one attached hydrogen (secondary N) is 1. The Bertz CT molecular complexity index is 385. The van der Waals surface area contributed by atoms with Crippen LogP contribution < -0.4 is 14.8 Å². The van der Waals surface area contributed by atoms with Crippen molar-refractivity contribution in [3.05, 3.63) is 23.8 Å². The highest BCUT2D eigenvalue weighted by molar-refractivity contribution is 5.43. The van der Waals surface area contributed by atoms with Crippen LogP contribution in [0.4, 0.5) is 0 Å². The van der Waals surface area contributed by atoms with Gasteiger partial charge in [0.2, 0.25) is 0 Å². The minimum atomic E-state index is 0.542. The molecule has 0 aliphatic heterocycles. The Balaban J connectivity index is 2.50. The topological polar surface area (TPSA) is 54.3 Å². The maximum atomic E-state index is 8.85. The Morgan fingerprint density at radius 1 is 1.24 bits per heavy atom. The number of hydrogen-bond acceptors (Lipinski definition) is 4. The Labute approximate surface area is 102 Å². The summed E-state index contributed by atoms with van der Waals surface area (Å²) in [5.74, 6) is 1.31. The van der Waals surface area contributed by atoms with Crippen LogP contribution in [0.2, 0.25) is 0 Å². The average molecular weight is 234 g/mol. The molecule has 0 aliphatic rings. The zero-order valence-corrected chi connectivity index (χ0v) is 10.3. The van der Waals surface area contributed by atoms with E-state index in [1.54, 1.807) is 25.3 Å². The van der Waals surface area contributed by atoms with Crippen LogP contribution in [-0.2, 0) is 0 Å². The van der Waals surface area contributed by atoms with Gasteiger partial charge in [-0.05, 0) is 25.1 Å². The largest absolute Gasteiger partial charge is 0.497 e. The molecular formula is C13H18N2O2. The van der Waals surface area contributed by atoms with E-state index in [0.29, 0.717) is 23.7 Å². The molecule has 0 aromatic heterocycles. The van der Waals surface area contributed by atoms with Gasteiger partial charge in [-0.1, -0.05) is 6.92 Å². The van der Waals surface area contributed by atoms with Gasteiger partial charge in [0.05, 0.1) is 18.7 Å². The van der Waals surface area contributed by atoms with Gasteiger partial charge in [0.1, 0.15) is 18.1 Å². The quantitative estimate of drug-likeness (QED) is 0.733. The third-order valence-electron chi connectivity index (χ3n) is 2.22. The molecule has 0 radical (unpaired) electrons. The van der Waals surface area contributed by atoms with Gasteiger partial charge >= 0.3 is 0 Å². The summed E-state index contributed by atoms with van der Waals surface area (Å²) in [5, 5.41) is 12.1. The molecular weight excluding hydrogens is 216 g/mol. The summed E-state index contributed by atoms with van der Waals surface area (Å²) < 4.78 is 10.6. The standard InChI is InChI=1S/C13H18N2O2/c1-3-4-15-5-6-17-13-8-11(10-14)7-12(9-13)16-2/h7-9,15H,3-6H2,1-2H3. The molecule has 0 amide bonds. The van der Waals surface area contributed by atoms with E-state index in [2.05, 4.69) is 18.3 Å². The molecule has 0 fully saturated rings. The van der Waals surface area contributed by atoms with Crippen molar-refractivity contribution in [3.63, 3.8) is 0 Å². The fourth-order valence-electron chi connectivity index (χ4n) is 1.38.